The van der Waals surface area contributed by atoms with Crippen molar-refractivity contribution in [2.45, 2.75) is 52.4 Å². The first-order chi connectivity index (χ1) is 20.1. The molecule has 2 aliphatic rings. The molecule has 0 atom stereocenters. The molecule has 0 radical (unpaired) electrons. The Morgan fingerprint density at radius 1 is 0.837 bits per heavy atom. The van der Waals surface area contributed by atoms with Gasteiger partial charge in [0, 0.05) is 41.1 Å². The van der Waals surface area contributed by atoms with Crippen molar-refractivity contribution in [3.8, 4) is 0 Å². The Hall–Kier alpha value is -3.71. The number of carboxylic acids is 1. The van der Waals surface area contributed by atoms with E-state index >= 15 is 0 Å². The molecule has 0 aliphatic carbocycles. The molecule has 4 aromatic rings. The lowest BCUT2D eigenvalue weighted by Crippen LogP contribution is -3.00. The molecule has 0 unspecified atom stereocenters. The van der Waals surface area contributed by atoms with Crippen molar-refractivity contribution in [3.63, 3.8) is 0 Å². The van der Waals surface area contributed by atoms with Gasteiger partial charge in [-0.15, -0.1) is 0 Å². The summed E-state index contributed by atoms with van der Waals surface area (Å²) >= 11 is 0. The smallest absolute Gasteiger partial charge is 0.335 e. The van der Waals surface area contributed by atoms with E-state index in [4.69, 9.17) is 0 Å². The standard InChI is InChI=1S/C38H38N2O2.HI/c1-7-39-30-21-17-25-13-9-11-15-28(25)34(30)37(3,4)32(39)23-19-27(36(41)42)20-24-33-38(5,6)35-29-16-12-10-14-26(29)18-22-31(35)40(33)8-2;/h9-24H,7-8H2,1-6H3;1H. The van der Waals surface area contributed by atoms with E-state index < -0.39 is 5.97 Å². The minimum atomic E-state index is -0.938. The normalized spacial score (nSPS) is 18.0. The Labute approximate surface area is 271 Å². The van der Waals surface area contributed by atoms with E-state index in [0.29, 0.717) is 0 Å². The van der Waals surface area contributed by atoms with E-state index in [1.807, 2.05) is 12.2 Å². The number of allylic oxidation sites excluding steroid dienone is 4. The lowest BCUT2D eigenvalue weighted by molar-refractivity contribution is -0.433. The summed E-state index contributed by atoms with van der Waals surface area (Å²) in [6.45, 7) is 14.9. The van der Waals surface area contributed by atoms with Crippen LogP contribution in [0.2, 0.25) is 0 Å². The van der Waals surface area contributed by atoms with Gasteiger partial charge in [-0.3, -0.25) is 0 Å². The number of carbonyl (C=O) groups is 1. The summed E-state index contributed by atoms with van der Waals surface area (Å²) in [5.41, 5.74) is 6.89. The Morgan fingerprint density at radius 3 is 2.05 bits per heavy atom. The third kappa shape index (κ3) is 4.82. The van der Waals surface area contributed by atoms with Gasteiger partial charge >= 0.3 is 5.97 Å². The zero-order valence-electron chi connectivity index (χ0n) is 25.8. The second-order valence-corrected chi connectivity index (χ2v) is 12.3. The Morgan fingerprint density at radius 2 is 1.44 bits per heavy atom. The summed E-state index contributed by atoms with van der Waals surface area (Å²) in [4.78, 5) is 14.9. The first kappa shape index (κ1) is 30.7. The maximum Gasteiger partial charge on any atom is 0.335 e. The van der Waals surface area contributed by atoms with Crippen LogP contribution in [0.4, 0.5) is 11.4 Å². The first-order valence-electron chi connectivity index (χ1n) is 14.9. The Kier molecular flexibility index (Phi) is 8.16. The van der Waals surface area contributed by atoms with E-state index in [0.717, 1.165) is 24.5 Å². The number of rotatable bonds is 6. The highest BCUT2D eigenvalue weighted by atomic mass is 127. The minimum absolute atomic E-state index is 0. The molecular formula is C38H39IN2O2. The molecule has 6 rings (SSSR count). The number of nitrogens with zero attached hydrogens (tertiary/aromatic N) is 2. The molecule has 0 bridgehead atoms. The Bertz CT molecular complexity index is 1890. The van der Waals surface area contributed by atoms with Crippen LogP contribution in [0.1, 0.15) is 52.7 Å². The van der Waals surface area contributed by atoms with Crippen molar-refractivity contribution in [1.29, 1.82) is 0 Å². The van der Waals surface area contributed by atoms with E-state index in [1.165, 1.54) is 44.0 Å². The summed E-state index contributed by atoms with van der Waals surface area (Å²) in [6, 6.07) is 25.8. The quantitative estimate of drug-likeness (QED) is 0.124. The predicted molar refractivity (Wildman–Crippen MR) is 175 cm³/mol. The SMILES string of the molecule is CCN1C(=CC=C(C=CC2=[N+](CC)c3ccc4ccccc4c3C2(C)C)C(=O)O)C(C)(C)c2c1ccc1ccccc21.[I-]. The lowest BCUT2D eigenvalue weighted by Gasteiger charge is -2.26. The number of benzene rings is 4. The van der Waals surface area contributed by atoms with Gasteiger partial charge in [-0.2, -0.15) is 4.58 Å². The molecule has 0 fully saturated rings. The third-order valence-corrected chi connectivity index (χ3v) is 9.23. The van der Waals surface area contributed by atoms with Crippen LogP contribution in [0.15, 0.2) is 108 Å². The van der Waals surface area contributed by atoms with Crippen LogP contribution in [-0.2, 0) is 15.6 Å². The molecule has 0 spiro atoms. The molecule has 0 aromatic heterocycles. The number of likely N-dealkylation sites (N-methyl/N-ethyl adjacent to an activating group) is 1. The van der Waals surface area contributed by atoms with Gasteiger partial charge in [0.1, 0.15) is 6.54 Å². The molecule has 4 nitrogen and oxygen atoms in total. The van der Waals surface area contributed by atoms with Crippen LogP contribution < -0.4 is 28.9 Å². The number of hydrogen-bond donors (Lipinski definition) is 1. The van der Waals surface area contributed by atoms with E-state index in [-0.39, 0.29) is 40.4 Å². The van der Waals surface area contributed by atoms with Gasteiger partial charge in [0.2, 0.25) is 5.69 Å². The zero-order valence-corrected chi connectivity index (χ0v) is 27.9. The lowest BCUT2D eigenvalue weighted by atomic mass is 9.79. The van der Waals surface area contributed by atoms with Gasteiger partial charge in [0.15, 0.2) is 5.71 Å². The number of anilines is 1. The largest absolute Gasteiger partial charge is 1.00 e. The van der Waals surface area contributed by atoms with Crippen molar-refractivity contribution in [3.05, 3.63) is 119 Å². The maximum atomic E-state index is 12.5. The molecule has 43 heavy (non-hydrogen) atoms. The van der Waals surface area contributed by atoms with Gasteiger partial charge in [0.05, 0.1) is 11.0 Å². The van der Waals surface area contributed by atoms with Crippen LogP contribution in [0.25, 0.3) is 21.5 Å². The van der Waals surface area contributed by atoms with Gasteiger partial charge in [-0.25, -0.2) is 4.79 Å². The molecule has 0 saturated carbocycles. The summed E-state index contributed by atoms with van der Waals surface area (Å²) in [6.07, 6.45) is 7.56. The average molecular weight is 683 g/mol. The molecule has 0 saturated heterocycles. The topological polar surface area (TPSA) is 43.5 Å². The summed E-state index contributed by atoms with van der Waals surface area (Å²) < 4.78 is 2.32. The van der Waals surface area contributed by atoms with Crippen LogP contribution in [0.5, 0.6) is 0 Å². The van der Waals surface area contributed by atoms with Gasteiger partial charge in [-0.05, 0) is 85.2 Å². The first-order valence-corrected chi connectivity index (χ1v) is 14.9. The van der Waals surface area contributed by atoms with Crippen molar-refractivity contribution in [2.24, 2.45) is 0 Å². The number of aliphatic carboxylic acids is 1. The molecule has 5 heteroatoms. The molecule has 2 heterocycles. The number of halogens is 1. The average Bonchev–Trinajstić information content (AvgIpc) is 3.34. The van der Waals surface area contributed by atoms with Crippen LogP contribution in [0, 0.1) is 0 Å². The van der Waals surface area contributed by atoms with Crippen LogP contribution >= 0.6 is 0 Å². The monoisotopic (exact) mass is 682 g/mol. The zero-order chi connectivity index (χ0) is 29.8. The second kappa shape index (κ2) is 11.4. The third-order valence-electron chi connectivity index (χ3n) is 9.23. The molecule has 4 aromatic carbocycles. The van der Waals surface area contributed by atoms with Gasteiger partial charge in [-0.1, -0.05) is 68.4 Å². The van der Waals surface area contributed by atoms with E-state index in [1.54, 1.807) is 12.2 Å². The number of fused-ring (bicyclic) bond motifs is 6. The maximum absolute atomic E-state index is 12.5. The molecule has 2 aliphatic heterocycles. The van der Waals surface area contributed by atoms with Crippen molar-refractivity contribution in [2.75, 3.05) is 18.0 Å². The predicted octanol–water partition coefficient (Wildman–Crippen LogP) is 5.66. The van der Waals surface area contributed by atoms with Crippen molar-refractivity contribution < 1.29 is 38.5 Å². The van der Waals surface area contributed by atoms with Gasteiger partial charge < -0.3 is 34.0 Å². The fourth-order valence-corrected chi connectivity index (χ4v) is 7.29. The molecule has 220 valence electrons. The highest BCUT2D eigenvalue weighted by Crippen LogP contribution is 2.50. The summed E-state index contributed by atoms with van der Waals surface area (Å²) in [7, 11) is 0. The van der Waals surface area contributed by atoms with Crippen molar-refractivity contribution >= 4 is 44.6 Å². The van der Waals surface area contributed by atoms with Gasteiger partial charge in [0.25, 0.3) is 0 Å². The molecule has 1 N–H and O–H groups in total. The number of hydrogen-bond acceptors (Lipinski definition) is 2. The molecule has 0 amide bonds. The van der Waals surface area contributed by atoms with E-state index in [9.17, 15) is 9.90 Å². The Balaban J connectivity index is 0.00000368. The fraction of sp³-hybridized carbons (Fsp3) is 0.263. The second-order valence-electron chi connectivity index (χ2n) is 12.3. The van der Waals surface area contributed by atoms with Crippen LogP contribution in [-0.4, -0.2) is 34.5 Å². The fourth-order valence-electron chi connectivity index (χ4n) is 7.29. The highest BCUT2D eigenvalue weighted by Gasteiger charge is 2.45. The van der Waals surface area contributed by atoms with Crippen molar-refractivity contribution in [1.82, 2.24) is 0 Å². The summed E-state index contributed by atoms with van der Waals surface area (Å²) in [5.74, 6) is -0.938. The summed E-state index contributed by atoms with van der Waals surface area (Å²) in [5, 5.41) is 15.2. The highest BCUT2D eigenvalue weighted by molar-refractivity contribution is 6.08. The molecular weight excluding hydrogens is 643 g/mol. The van der Waals surface area contributed by atoms with Crippen LogP contribution in [0.3, 0.4) is 0 Å². The van der Waals surface area contributed by atoms with E-state index in [2.05, 4.69) is 124 Å². The minimum Gasteiger partial charge on any atom is -1.00 e. The number of carboxylic acid groups (broad SMARTS) is 1.